The molecule has 0 spiro atoms. The molecule has 3 rings (SSSR count). The number of halogens is 1. The monoisotopic (exact) mass is 256 g/mol. The summed E-state index contributed by atoms with van der Waals surface area (Å²) < 4.78 is 0. The number of rotatable bonds is 0. The highest BCUT2D eigenvalue weighted by Gasteiger charge is 2.16. The Hall–Kier alpha value is -1.27. The van der Waals surface area contributed by atoms with E-state index in [0.717, 1.165) is 24.3 Å². The third-order valence-corrected chi connectivity index (χ3v) is 4.18. The minimum Gasteiger partial charge on any atom is -0.0843 e. The van der Waals surface area contributed by atoms with Gasteiger partial charge in [-0.1, -0.05) is 48.9 Å². The van der Waals surface area contributed by atoms with Crippen LogP contribution in [0.3, 0.4) is 0 Å². The van der Waals surface area contributed by atoms with E-state index < -0.39 is 0 Å². The van der Waals surface area contributed by atoms with Gasteiger partial charge in [-0.2, -0.15) is 0 Å². The lowest BCUT2D eigenvalue weighted by atomic mass is 9.83. The Morgan fingerprint density at radius 1 is 0.944 bits per heavy atom. The summed E-state index contributed by atoms with van der Waals surface area (Å²) in [5, 5.41) is 0.856. The second-order valence-electron chi connectivity index (χ2n) is 5.22. The maximum absolute atomic E-state index is 6.12. The average Bonchev–Trinajstić information content (AvgIpc) is 2.36. The summed E-state index contributed by atoms with van der Waals surface area (Å²) in [6.45, 7) is 2.31. The van der Waals surface area contributed by atoms with Crippen LogP contribution in [-0.4, -0.2) is 0 Å². The van der Waals surface area contributed by atoms with Gasteiger partial charge in [0.05, 0.1) is 0 Å². The summed E-state index contributed by atoms with van der Waals surface area (Å²) in [6, 6.07) is 15.2. The highest BCUT2D eigenvalue weighted by atomic mass is 35.5. The Morgan fingerprint density at radius 3 is 2.50 bits per heavy atom. The van der Waals surface area contributed by atoms with E-state index in [2.05, 4.69) is 43.3 Å². The highest BCUT2D eigenvalue weighted by molar-refractivity contribution is 6.30. The topological polar surface area (TPSA) is 0 Å². The summed E-state index contributed by atoms with van der Waals surface area (Å²) in [7, 11) is 0. The van der Waals surface area contributed by atoms with E-state index in [1.54, 1.807) is 0 Å². The van der Waals surface area contributed by atoms with E-state index in [4.69, 9.17) is 11.6 Å². The average molecular weight is 257 g/mol. The zero-order valence-corrected chi connectivity index (χ0v) is 11.4. The third-order valence-electron chi connectivity index (χ3n) is 3.94. The molecular formula is C17H17Cl. The highest BCUT2D eigenvalue weighted by Crippen LogP contribution is 2.31. The number of hydrogen-bond donors (Lipinski definition) is 0. The molecule has 0 amide bonds. The second kappa shape index (κ2) is 4.78. The van der Waals surface area contributed by atoms with Crippen molar-refractivity contribution in [2.45, 2.75) is 32.1 Å². The lowest BCUT2D eigenvalue weighted by Gasteiger charge is -2.22. The van der Waals surface area contributed by atoms with Crippen LogP contribution >= 0.6 is 11.6 Å². The largest absolute Gasteiger partial charge is 0.0843 e. The summed E-state index contributed by atoms with van der Waals surface area (Å²) in [5.74, 6) is 0.568. The van der Waals surface area contributed by atoms with Crippen LogP contribution in [0.2, 0.25) is 5.02 Å². The molecule has 1 aliphatic carbocycles. The van der Waals surface area contributed by atoms with Gasteiger partial charge in [-0.25, -0.2) is 0 Å². The van der Waals surface area contributed by atoms with Crippen molar-refractivity contribution >= 4 is 11.6 Å². The van der Waals surface area contributed by atoms with Crippen LogP contribution in [0, 0.1) is 0 Å². The van der Waals surface area contributed by atoms with Gasteiger partial charge in [0.1, 0.15) is 0 Å². The Labute approximate surface area is 114 Å². The van der Waals surface area contributed by atoms with Crippen molar-refractivity contribution in [3.8, 4) is 0 Å². The van der Waals surface area contributed by atoms with Crippen molar-refractivity contribution in [1.29, 1.82) is 0 Å². The van der Waals surface area contributed by atoms with Gasteiger partial charge in [-0.3, -0.25) is 0 Å². The minimum atomic E-state index is 0.568. The molecule has 1 atom stereocenters. The smallest absolute Gasteiger partial charge is 0.0408 e. The van der Waals surface area contributed by atoms with E-state index in [0.29, 0.717) is 5.92 Å². The van der Waals surface area contributed by atoms with Crippen molar-refractivity contribution < 1.29 is 0 Å². The molecule has 0 bridgehead atoms. The maximum atomic E-state index is 6.12. The molecule has 1 heteroatoms. The van der Waals surface area contributed by atoms with Gasteiger partial charge < -0.3 is 0 Å². The van der Waals surface area contributed by atoms with Gasteiger partial charge in [-0.15, -0.1) is 0 Å². The normalized spacial score (nSPS) is 18.4. The molecule has 0 fully saturated rings. The third kappa shape index (κ3) is 2.18. The van der Waals surface area contributed by atoms with Gasteiger partial charge in [0.25, 0.3) is 0 Å². The molecule has 0 saturated carbocycles. The van der Waals surface area contributed by atoms with Crippen molar-refractivity contribution in [3.63, 3.8) is 0 Å². The number of benzene rings is 2. The Bertz CT molecular complexity index is 572. The predicted molar refractivity (Wildman–Crippen MR) is 77.4 cm³/mol. The van der Waals surface area contributed by atoms with Crippen molar-refractivity contribution in [2.24, 2.45) is 0 Å². The van der Waals surface area contributed by atoms with Crippen LogP contribution < -0.4 is 0 Å². The van der Waals surface area contributed by atoms with E-state index in [9.17, 15) is 0 Å². The summed E-state index contributed by atoms with van der Waals surface area (Å²) >= 11 is 6.12. The standard InChI is InChI=1S/C17H17Cl/c1-12-10-14-5-3-2-4-13(14)6-7-15-11-16(18)8-9-17(12)15/h2-5,8-9,11-12H,6-7,10H2,1H3. The molecule has 0 aromatic heterocycles. The van der Waals surface area contributed by atoms with Gasteiger partial charge in [0, 0.05) is 5.02 Å². The van der Waals surface area contributed by atoms with Crippen LogP contribution in [0.4, 0.5) is 0 Å². The molecule has 0 saturated heterocycles. The molecule has 92 valence electrons. The SMILES string of the molecule is CC1Cc2ccccc2CCc2cc(Cl)ccc21. The summed E-state index contributed by atoms with van der Waals surface area (Å²) in [6.07, 6.45) is 3.35. The lowest BCUT2D eigenvalue weighted by Crippen LogP contribution is -2.10. The zero-order valence-electron chi connectivity index (χ0n) is 10.6. The Morgan fingerprint density at radius 2 is 1.67 bits per heavy atom. The van der Waals surface area contributed by atoms with Crippen LogP contribution in [-0.2, 0) is 19.3 Å². The van der Waals surface area contributed by atoms with E-state index >= 15 is 0 Å². The van der Waals surface area contributed by atoms with Gasteiger partial charge >= 0.3 is 0 Å². The van der Waals surface area contributed by atoms with Crippen LogP contribution in [0.25, 0.3) is 0 Å². The van der Waals surface area contributed by atoms with Crippen LogP contribution in [0.1, 0.15) is 35.1 Å². The first-order valence-corrected chi connectivity index (χ1v) is 6.97. The minimum absolute atomic E-state index is 0.568. The lowest BCUT2D eigenvalue weighted by molar-refractivity contribution is 0.717. The first-order chi connectivity index (χ1) is 8.74. The van der Waals surface area contributed by atoms with Crippen molar-refractivity contribution in [2.75, 3.05) is 0 Å². The molecule has 0 radical (unpaired) electrons. The van der Waals surface area contributed by atoms with Crippen molar-refractivity contribution in [3.05, 3.63) is 69.7 Å². The van der Waals surface area contributed by atoms with Gasteiger partial charge in [-0.05, 0) is 59.6 Å². The molecular weight excluding hydrogens is 240 g/mol. The number of fused-ring (bicyclic) bond motifs is 2. The second-order valence-corrected chi connectivity index (χ2v) is 5.65. The van der Waals surface area contributed by atoms with Gasteiger partial charge in [0.2, 0.25) is 0 Å². The Kier molecular flexibility index (Phi) is 3.13. The quantitative estimate of drug-likeness (QED) is 0.636. The van der Waals surface area contributed by atoms with Crippen LogP contribution in [0.5, 0.6) is 0 Å². The zero-order chi connectivity index (χ0) is 12.5. The number of aryl methyl sites for hydroxylation is 2. The van der Waals surface area contributed by atoms with E-state index in [1.165, 1.54) is 22.3 Å². The molecule has 0 aliphatic heterocycles. The molecule has 0 heterocycles. The Balaban J connectivity index is 2.04. The van der Waals surface area contributed by atoms with Crippen molar-refractivity contribution in [1.82, 2.24) is 0 Å². The molecule has 1 aliphatic rings. The molecule has 0 nitrogen and oxygen atoms in total. The molecule has 2 aromatic carbocycles. The van der Waals surface area contributed by atoms with E-state index in [-0.39, 0.29) is 0 Å². The number of hydrogen-bond acceptors (Lipinski definition) is 0. The van der Waals surface area contributed by atoms with Gasteiger partial charge in [0.15, 0.2) is 0 Å². The molecule has 0 N–H and O–H groups in total. The summed E-state index contributed by atoms with van der Waals surface area (Å²) in [5.41, 5.74) is 5.89. The fourth-order valence-corrected chi connectivity index (χ4v) is 3.18. The first kappa shape index (κ1) is 11.8. The first-order valence-electron chi connectivity index (χ1n) is 6.59. The predicted octanol–water partition coefficient (Wildman–Crippen LogP) is 4.78. The molecule has 1 unspecified atom stereocenters. The fraction of sp³-hybridized carbons (Fsp3) is 0.294. The van der Waals surface area contributed by atoms with E-state index in [1.807, 2.05) is 6.07 Å². The van der Waals surface area contributed by atoms with Crippen LogP contribution in [0.15, 0.2) is 42.5 Å². The molecule has 18 heavy (non-hydrogen) atoms. The fourth-order valence-electron chi connectivity index (χ4n) is 2.98. The molecule has 2 aromatic rings. The summed E-state index contributed by atoms with van der Waals surface area (Å²) in [4.78, 5) is 0. The maximum Gasteiger partial charge on any atom is 0.0408 e.